The highest BCUT2D eigenvalue weighted by atomic mass is 16.5. The monoisotopic (exact) mass is 765 g/mol. The zero-order valence-corrected chi connectivity index (χ0v) is 32.2. The first-order chi connectivity index (χ1) is 27.1. The lowest BCUT2D eigenvalue weighted by molar-refractivity contribution is -0.125. The number of likely N-dealkylation sites (N-methyl/N-ethyl adjacent to an activating group) is 1. The Morgan fingerprint density at radius 3 is 1.86 bits per heavy atom. The number of aryl methyl sites for hydroxylation is 1. The Balaban J connectivity index is 1.23. The maximum atomic E-state index is 14.1. The van der Waals surface area contributed by atoms with Crippen LogP contribution < -0.4 is 26.6 Å². The van der Waals surface area contributed by atoms with E-state index in [4.69, 9.17) is 13.6 Å². The molecule has 0 radical (unpaired) electrons. The van der Waals surface area contributed by atoms with E-state index in [1.54, 1.807) is 49.5 Å². The summed E-state index contributed by atoms with van der Waals surface area (Å²) in [5.74, 6) is -0.802. The minimum Gasteiger partial charge on any atom is -0.453 e. The smallest absolute Gasteiger partial charge is 0.411 e. The molecule has 2 saturated carbocycles. The Morgan fingerprint density at radius 2 is 1.27 bits per heavy atom. The third-order valence-corrected chi connectivity index (χ3v) is 10.9. The fourth-order valence-electron chi connectivity index (χ4n) is 7.73. The Morgan fingerprint density at radius 1 is 0.696 bits per heavy atom. The minimum atomic E-state index is -0.832. The Bertz CT molecular complexity index is 1990. The second-order valence-corrected chi connectivity index (χ2v) is 14.7. The molecule has 5 N–H and O–H groups in total. The van der Waals surface area contributed by atoms with Crippen molar-refractivity contribution in [1.82, 2.24) is 21.3 Å². The Hall–Kier alpha value is -5.85. The molecule has 0 bridgehead atoms. The molecule has 2 atom stereocenters. The molecule has 2 heterocycles. The van der Waals surface area contributed by atoms with Crippen molar-refractivity contribution in [2.75, 3.05) is 19.5 Å². The number of ether oxygens (including phenoxy) is 1. The van der Waals surface area contributed by atoms with Crippen molar-refractivity contribution in [2.24, 2.45) is 11.8 Å². The highest BCUT2D eigenvalue weighted by Gasteiger charge is 2.34. The van der Waals surface area contributed by atoms with Crippen LogP contribution in [0, 0.1) is 18.8 Å². The van der Waals surface area contributed by atoms with Gasteiger partial charge in [0.1, 0.15) is 23.6 Å². The number of benzene rings is 2. The molecule has 296 valence electrons. The summed E-state index contributed by atoms with van der Waals surface area (Å²) in [6, 6.07) is 17.9. The zero-order valence-electron chi connectivity index (χ0n) is 32.2. The summed E-state index contributed by atoms with van der Waals surface area (Å²) in [5.41, 5.74) is 3.52. The van der Waals surface area contributed by atoms with E-state index in [0.29, 0.717) is 28.3 Å². The topological polar surface area (TPSA) is 181 Å². The SMILES string of the molecule is CNC(=O)[C@@H](NC(=O)c1cc(CNC(=O)[C@@H](NC(=O)c2ccc(-c3ccc(C)cc3)o2)C2CCCCC2)c(-c2ccc(NC(=O)OC)cc2)o1)C1CCCCC1. The molecule has 0 saturated heterocycles. The van der Waals surface area contributed by atoms with Crippen molar-refractivity contribution in [3.05, 3.63) is 89.4 Å². The van der Waals surface area contributed by atoms with Gasteiger partial charge in [0.2, 0.25) is 11.8 Å². The molecule has 2 aliphatic carbocycles. The molecule has 2 aromatic carbocycles. The van der Waals surface area contributed by atoms with Crippen molar-refractivity contribution in [1.29, 1.82) is 0 Å². The third kappa shape index (κ3) is 9.87. The van der Waals surface area contributed by atoms with Gasteiger partial charge in [0.25, 0.3) is 11.8 Å². The van der Waals surface area contributed by atoms with Gasteiger partial charge in [0.05, 0.1) is 7.11 Å². The van der Waals surface area contributed by atoms with E-state index >= 15 is 0 Å². The van der Waals surface area contributed by atoms with Gasteiger partial charge < -0.3 is 34.8 Å². The van der Waals surface area contributed by atoms with Crippen LogP contribution >= 0.6 is 0 Å². The quantitative estimate of drug-likeness (QED) is 0.0955. The molecule has 13 heteroatoms. The Labute approximate surface area is 326 Å². The normalized spacial score (nSPS) is 15.9. The van der Waals surface area contributed by atoms with Gasteiger partial charge in [0.15, 0.2) is 11.5 Å². The molecule has 13 nitrogen and oxygen atoms in total. The molecule has 0 unspecified atom stereocenters. The second kappa shape index (κ2) is 18.7. The number of nitrogens with one attached hydrogen (secondary N) is 5. The molecule has 5 amide bonds. The summed E-state index contributed by atoms with van der Waals surface area (Å²) in [7, 11) is 2.82. The van der Waals surface area contributed by atoms with Gasteiger partial charge in [-0.25, -0.2) is 4.79 Å². The first-order valence-corrected chi connectivity index (χ1v) is 19.5. The number of rotatable bonds is 13. The van der Waals surface area contributed by atoms with Crippen molar-refractivity contribution < 1.29 is 37.5 Å². The lowest BCUT2D eigenvalue weighted by Gasteiger charge is -2.29. The van der Waals surface area contributed by atoms with E-state index in [1.165, 1.54) is 7.11 Å². The number of anilines is 1. The maximum absolute atomic E-state index is 14.1. The lowest BCUT2D eigenvalue weighted by Crippen LogP contribution is -2.51. The summed E-state index contributed by atoms with van der Waals surface area (Å²) >= 11 is 0. The van der Waals surface area contributed by atoms with Crippen molar-refractivity contribution in [3.63, 3.8) is 0 Å². The highest BCUT2D eigenvalue weighted by molar-refractivity contribution is 5.97. The van der Waals surface area contributed by atoms with E-state index in [9.17, 15) is 24.0 Å². The summed E-state index contributed by atoms with van der Waals surface area (Å²) in [6.45, 7) is 1.97. The summed E-state index contributed by atoms with van der Waals surface area (Å²) in [6.07, 6.45) is 8.64. The average molecular weight is 766 g/mol. The third-order valence-electron chi connectivity index (χ3n) is 10.9. The summed E-state index contributed by atoms with van der Waals surface area (Å²) in [5, 5.41) is 14.2. The van der Waals surface area contributed by atoms with Gasteiger partial charge in [-0.15, -0.1) is 0 Å². The van der Waals surface area contributed by atoms with Gasteiger partial charge in [-0.1, -0.05) is 68.4 Å². The van der Waals surface area contributed by atoms with Crippen LogP contribution in [-0.4, -0.2) is 56.0 Å². The first kappa shape index (κ1) is 39.8. The predicted molar refractivity (Wildman–Crippen MR) is 211 cm³/mol. The fourth-order valence-corrected chi connectivity index (χ4v) is 7.73. The summed E-state index contributed by atoms with van der Waals surface area (Å²) in [4.78, 5) is 66.1. The maximum Gasteiger partial charge on any atom is 0.411 e. The van der Waals surface area contributed by atoms with Gasteiger partial charge in [0, 0.05) is 36.0 Å². The van der Waals surface area contributed by atoms with Crippen LogP contribution in [0.2, 0.25) is 0 Å². The number of hydrogen-bond acceptors (Lipinski definition) is 8. The first-order valence-electron chi connectivity index (χ1n) is 19.5. The van der Waals surface area contributed by atoms with Gasteiger partial charge >= 0.3 is 6.09 Å². The average Bonchev–Trinajstić information content (AvgIpc) is 3.90. The second-order valence-electron chi connectivity index (χ2n) is 14.7. The molecule has 56 heavy (non-hydrogen) atoms. The number of carbonyl (C=O) groups excluding carboxylic acids is 5. The molecular weight excluding hydrogens is 715 g/mol. The van der Waals surface area contributed by atoms with Crippen molar-refractivity contribution in [3.8, 4) is 22.6 Å². The standard InChI is InChI=1S/C43H51N5O8/c1-26-14-16-27(17-15-26)33-22-23-34(55-33)39(49)48-37(29-12-8-5-9-13-29)42(52)45-25-31-24-35(40(50)47-36(41(51)44-2)28-10-6-4-7-11-28)56-38(31)30-18-20-32(21-19-30)46-43(53)54-3/h14-24,28-29,36-37H,4-13,25H2,1-3H3,(H,44,51)(H,45,52)(H,46,53)(H,47,50)(H,48,49)/t36-,37-/m0/s1. The number of amides is 5. The van der Waals surface area contributed by atoms with Crippen LogP contribution in [0.4, 0.5) is 10.5 Å². The van der Waals surface area contributed by atoms with Gasteiger partial charge in [-0.2, -0.15) is 0 Å². The molecule has 2 aromatic heterocycles. The number of carbonyl (C=O) groups is 5. The summed E-state index contributed by atoms with van der Waals surface area (Å²) < 4.78 is 16.8. The molecule has 6 rings (SSSR count). The van der Waals surface area contributed by atoms with Crippen LogP contribution in [0.1, 0.15) is 96.4 Å². The van der Waals surface area contributed by atoms with Crippen molar-refractivity contribution >= 4 is 35.4 Å². The lowest BCUT2D eigenvalue weighted by atomic mass is 9.83. The van der Waals surface area contributed by atoms with E-state index in [2.05, 4.69) is 26.6 Å². The number of methoxy groups -OCH3 is 1. The van der Waals surface area contributed by atoms with Crippen LogP contribution in [-0.2, 0) is 20.9 Å². The van der Waals surface area contributed by atoms with Gasteiger partial charge in [-0.05, 0) is 86.9 Å². The molecule has 0 aliphatic heterocycles. The van der Waals surface area contributed by atoms with Crippen LogP contribution in [0.5, 0.6) is 0 Å². The van der Waals surface area contributed by atoms with E-state index in [1.807, 2.05) is 31.2 Å². The Kier molecular flexibility index (Phi) is 13.3. The number of hydrogen-bond donors (Lipinski definition) is 5. The molecule has 4 aromatic rings. The predicted octanol–water partition coefficient (Wildman–Crippen LogP) is 7.11. The molecule has 2 aliphatic rings. The van der Waals surface area contributed by atoms with Crippen molar-refractivity contribution in [2.45, 2.75) is 89.8 Å². The van der Waals surface area contributed by atoms with E-state index in [-0.39, 0.29) is 41.7 Å². The fraction of sp³-hybridized carbons (Fsp3) is 0.419. The highest BCUT2D eigenvalue weighted by Crippen LogP contribution is 2.32. The zero-order chi connectivity index (χ0) is 39.6. The largest absolute Gasteiger partial charge is 0.453 e. The van der Waals surface area contributed by atoms with Gasteiger partial charge in [-0.3, -0.25) is 24.5 Å². The molecular formula is C43H51N5O8. The van der Waals surface area contributed by atoms with E-state index < -0.39 is 30.0 Å². The molecule has 0 spiro atoms. The number of furan rings is 2. The van der Waals surface area contributed by atoms with Crippen LogP contribution in [0.3, 0.4) is 0 Å². The molecule has 2 fully saturated rings. The minimum absolute atomic E-state index is 0.00185. The van der Waals surface area contributed by atoms with Crippen LogP contribution in [0.15, 0.2) is 75.6 Å². The van der Waals surface area contributed by atoms with Crippen LogP contribution in [0.25, 0.3) is 22.6 Å². The van der Waals surface area contributed by atoms with E-state index in [0.717, 1.165) is 75.3 Å².